The van der Waals surface area contributed by atoms with Crippen LogP contribution in [-0.2, 0) is 0 Å². The standard InChI is InChI=1S/C13H13ClN2/c1-8-5-3-4-6-10(8)12-9(2)7-11(15)16-13(12)14/h3-7H,1-2H3,(H2,15,16). The summed E-state index contributed by atoms with van der Waals surface area (Å²) in [5.41, 5.74) is 9.95. The lowest BCUT2D eigenvalue weighted by Gasteiger charge is -2.11. The summed E-state index contributed by atoms with van der Waals surface area (Å²) in [6.07, 6.45) is 0. The molecule has 0 spiro atoms. The molecule has 0 saturated heterocycles. The molecule has 82 valence electrons. The second-order valence-electron chi connectivity index (χ2n) is 3.84. The third-order valence-corrected chi connectivity index (χ3v) is 2.88. The topological polar surface area (TPSA) is 38.9 Å². The van der Waals surface area contributed by atoms with Gasteiger partial charge in [0.2, 0.25) is 0 Å². The molecule has 16 heavy (non-hydrogen) atoms. The Hall–Kier alpha value is -1.54. The van der Waals surface area contributed by atoms with Gasteiger partial charge in [-0.25, -0.2) is 4.98 Å². The first-order valence-electron chi connectivity index (χ1n) is 5.08. The molecule has 0 amide bonds. The number of nitrogen functional groups attached to an aromatic ring is 1. The van der Waals surface area contributed by atoms with Gasteiger partial charge in [0.05, 0.1) is 0 Å². The summed E-state index contributed by atoms with van der Waals surface area (Å²) in [6, 6.07) is 9.94. The fourth-order valence-electron chi connectivity index (χ4n) is 1.84. The number of hydrogen-bond donors (Lipinski definition) is 1. The first-order chi connectivity index (χ1) is 7.59. The zero-order valence-electron chi connectivity index (χ0n) is 9.29. The highest BCUT2D eigenvalue weighted by molar-refractivity contribution is 6.32. The van der Waals surface area contributed by atoms with E-state index in [1.807, 2.05) is 31.2 Å². The van der Waals surface area contributed by atoms with Crippen LogP contribution < -0.4 is 5.73 Å². The van der Waals surface area contributed by atoms with E-state index in [0.717, 1.165) is 16.7 Å². The van der Waals surface area contributed by atoms with Crippen molar-refractivity contribution in [3.8, 4) is 11.1 Å². The number of hydrogen-bond acceptors (Lipinski definition) is 2. The van der Waals surface area contributed by atoms with E-state index in [1.165, 1.54) is 5.56 Å². The van der Waals surface area contributed by atoms with E-state index in [9.17, 15) is 0 Å². The Balaban J connectivity index is 2.70. The molecule has 0 fully saturated rings. The largest absolute Gasteiger partial charge is 0.384 e. The van der Waals surface area contributed by atoms with Gasteiger partial charge < -0.3 is 5.73 Å². The zero-order chi connectivity index (χ0) is 11.7. The SMILES string of the molecule is Cc1ccccc1-c1c(C)cc(N)nc1Cl. The number of pyridine rings is 1. The van der Waals surface area contributed by atoms with E-state index < -0.39 is 0 Å². The lowest BCUT2D eigenvalue weighted by Crippen LogP contribution is -1.96. The molecule has 0 bridgehead atoms. The summed E-state index contributed by atoms with van der Waals surface area (Å²) in [7, 11) is 0. The predicted octanol–water partition coefficient (Wildman–Crippen LogP) is 3.60. The number of halogens is 1. The normalized spacial score (nSPS) is 10.4. The average Bonchev–Trinajstić information content (AvgIpc) is 2.19. The van der Waals surface area contributed by atoms with Crippen molar-refractivity contribution in [1.29, 1.82) is 0 Å². The molecule has 2 N–H and O–H groups in total. The third-order valence-electron chi connectivity index (χ3n) is 2.61. The van der Waals surface area contributed by atoms with Gasteiger partial charge in [0.1, 0.15) is 11.0 Å². The van der Waals surface area contributed by atoms with E-state index in [4.69, 9.17) is 17.3 Å². The van der Waals surface area contributed by atoms with E-state index >= 15 is 0 Å². The van der Waals surface area contributed by atoms with Crippen LogP contribution >= 0.6 is 11.6 Å². The minimum atomic E-state index is 0.458. The molecule has 0 atom stereocenters. The van der Waals surface area contributed by atoms with Crippen LogP contribution in [0.1, 0.15) is 11.1 Å². The van der Waals surface area contributed by atoms with Gasteiger partial charge in [0.25, 0.3) is 0 Å². The Labute approximate surface area is 100 Å². The van der Waals surface area contributed by atoms with Gasteiger partial charge in [0, 0.05) is 5.56 Å². The van der Waals surface area contributed by atoms with Crippen molar-refractivity contribution in [3.05, 3.63) is 46.6 Å². The predicted molar refractivity (Wildman–Crippen MR) is 68.6 cm³/mol. The molecule has 1 heterocycles. The number of nitrogens with zero attached hydrogens (tertiary/aromatic N) is 1. The van der Waals surface area contributed by atoms with E-state index in [1.54, 1.807) is 0 Å². The number of aryl methyl sites for hydroxylation is 2. The number of benzene rings is 1. The lowest BCUT2D eigenvalue weighted by molar-refractivity contribution is 1.29. The summed E-state index contributed by atoms with van der Waals surface area (Å²) in [4.78, 5) is 4.10. The maximum absolute atomic E-state index is 6.15. The summed E-state index contributed by atoms with van der Waals surface area (Å²) >= 11 is 6.15. The fraction of sp³-hybridized carbons (Fsp3) is 0.154. The van der Waals surface area contributed by atoms with E-state index in [0.29, 0.717) is 11.0 Å². The summed E-state index contributed by atoms with van der Waals surface area (Å²) in [5.74, 6) is 0.458. The molecule has 0 saturated carbocycles. The van der Waals surface area contributed by atoms with Crippen molar-refractivity contribution in [2.24, 2.45) is 0 Å². The molecule has 0 radical (unpaired) electrons. The number of rotatable bonds is 1. The summed E-state index contributed by atoms with van der Waals surface area (Å²) in [5, 5.41) is 0.465. The van der Waals surface area contributed by atoms with Crippen LogP contribution in [0.25, 0.3) is 11.1 Å². The van der Waals surface area contributed by atoms with E-state index in [2.05, 4.69) is 18.0 Å². The molecule has 1 aromatic heterocycles. The monoisotopic (exact) mass is 232 g/mol. The minimum Gasteiger partial charge on any atom is -0.384 e. The van der Waals surface area contributed by atoms with Gasteiger partial charge in [0.15, 0.2) is 0 Å². The summed E-state index contributed by atoms with van der Waals surface area (Å²) < 4.78 is 0. The van der Waals surface area contributed by atoms with Crippen LogP contribution in [0.2, 0.25) is 5.15 Å². The van der Waals surface area contributed by atoms with Crippen molar-refractivity contribution >= 4 is 17.4 Å². The molecule has 2 aromatic rings. The second kappa shape index (κ2) is 4.14. The maximum atomic E-state index is 6.15. The second-order valence-corrected chi connectivity index (χ2v) is 4.20. The highest BCUT2D eigenvalue weighted by Crippen LogP contribution is 2.32. The van der Waals surface area contributed by atoms with Gasteiger partial charge in [-0.05, 0) is 36.6 Å². The highest BCUT2D eigenvalue weighted by Gasteiger charge is 2.11. The fourth-order valence-corrected chi connectivity index (χ4v) is 2.18. The van der Waals surface area contributed by atoms with Gasteiger partial charge >= 0.3 is 0 Å². The van der Waals surface area contributed by atoms with Gasteiger partial charge in [-0.3, -0.25) is 0 Å². The number of anilines is 1. The third kappa shape index (κ3) is 1.89. The van der Waals surface area contributed by atoms with Gasteiger partial charge in [-0.15, -0.1) is 0 Å². The number of nitrogens with two attached hydrogens (primary N) is 1. The highest BCUT2D eigenvalue weighted by atomic mass is 35.5. The van der Waals surface area contributed by atoms with Crippen LogP contribution in [0, 0.1) is 13.8 Å². The Bertz CT molecular complexity index is 512. The molecule has 0 aliphatic carbocycles. The van der Waals surface area contributed by atoms with Crippen LogP contribution in [0.3, 0.4) is 0 Å². The first kappa shape index (κ1) is 11.0. The molecular formula is C13H13ClN2. The van der Waals surface area contributed by atoms with Crippen LogP contribution in [0.4, 0.5) is 5.82 Å². The van der Waals surface area contributed by atoms with Crippen molar-refractivity contribution in [2.75, 3.05) is 5.73 Å². The molecule has 2 rings (SSSR count). The molecule has 2 nitrogen and oxygen atoms in total. The Morgan fingerprint density at radius 1 is 1.12 bits per heavy atom. The molecule has 0 unspecified atom stereocenters. The van der Waals surface area contributed by atoms with Crippen molar-refractivity contribution in [2.45, 2.75) is 13.8 Å². The lowest BCUT2D eigenvalue weighted by atomic mass is 9.98. The van der Waals surface area contributed by atoms with Crippen LogP contribution in [-0.4, -0.2) is 4.98 Å². The smallest absolute Gasteiger partial charge is 0.139 e. The van der Waals surface area contributed by atoms with Gasteiger partial charge in [-0.1, -0.05) is 35.9 Å². The average molecular weight is 233 g/mol. The molecular weight excluding hydrogens is 220 g/mol. The van der Waals surface area contributed by atoms with Crippen molar-refractivity contribution in [1.82, 2.24) is 4.98 Å². The van der Waals surface area contributed by atoms with E-state index in [-0.39, 0.29) is 0 Å². The molecule has 0 aliphatic rings. The van der Waals surface area contributed by atoms with Crippen molar-refractivity contribution < 1.29 is 0 Å². The molecule has 0 aliphatic heterocycles. The molecule has 3 heteroatoms. The Morgan fingerprint density at radius 2 is 1.81 bits per heavy atom. The molecule has 1 aromatic carbocycles. The van der Waals surface area contributed by atoms with Crippen molar-refractivity contribution in [3.63, 3.8) is 0 Å². The van der Waals surface area contributed by atoms with Crippen LogP contribution in [0.5, 0.6) is 0 Å². The minimum absolute atomic E-state index is 0.458. The van der Waals surface area contributed by atoms with Gasteiger partial charge in [-0.2, -0.15) is 0 Å². The zero-order valence-corrected chi connectivity index (χ0v) is 10.0. The first-order valence-corrected chi connectivity index (χ1v) is 5.46. The summed E-state index contributed by atoms with van der Waals surface area (Å²) in [6.45, 7) is 4.05. The Morgan fingerprint density at radius 3 is 2.44 bits per heavy atom. The quantitative estimate of drug-likeness (QED) is 0.763. The maximum Gasteiger partial charge on any atom is 0.139 e. The Kier molecular flexibility index (Phi) is 2.84. The van der Waals surface area contributed by atoms with Crippen LogP contribution in [0.15, 0.2) is 30.3 Å². The number of aromatic nitrogens is 1.